The number of nitrogens with one attached hydrogen (secondary N) is 1. The van der Waals surface area contributed by atoms with Gasteiger partial charge in [-0.15, -0.1) is 0 Å². The zero-order valence-corrected chi connectivity index (χ0v) is 17.8. The molecular formula is C22H27FN6O2. The van der Waals surface area contributed by atoms with E-state index in [9.17, 15) is 14.0 Å². The molecule has 9 heteroatoms. The number of carbonyl (C=O) groups is 2. The van der Waals surface area contributed by atoms with E-state index in [2.05, 4.69) is 20.4 Å². The molecule has 0 unspecified atom stereocenters. The predicted octanol–water partition coefficient (Wildman–Crippen LogP) is 2.84. The summed E-state index contributed by atoms with van der Waals surface area (Å²) < 4.78 is 14.5. The van der Waals surface area contributed by atoms with Crippen LogP contribution >= 0.6 is 0 Å². The maximum atomic E-state index is 13.3. The molecular weight excluding hydrogens is 399 g/mol. The molecule has 0 bridgehead atoms. The number of ketones is 1. The van der Waals surface area contributed by atoms with Crippen LogP contribution in [-0.4, -0.2) is 37.8 Å². The summed E-state index contributed by atoms with van der Waals surface area (Å²) in [5.41, 5.74) is 6.99. The minimum absolute atomic E-state index is 0.0690. The number of aromatic nitrogens is 4. The molecule has 3 N–H and O–H groups in total. The van der Waals surface area contributed by atoms with Gasteiger partial charge in [0.25, 0.3) is 11.7 Å². The standard InChI is InChI=1S/C16H14FN5O2.C6H13N/c1-9-5-11(3-4-12(9)17)7-18-15(24)13-6-14(10(2)23)22-16(21-13)19-8-20-22;7-5-6-3-1-2-4-6/h3-6,8H,7H2,1-2H3,(H,18,24);6H,1-5,7H2. The second-order valence-corrected chi connectivity index (χ2v) is 7.71. The van der Waals surface area contributed by atoms with Crippen molar-refractivity contribution in [1.82, 2.24) is 24.9 Å². The van der Waals surface area contributed by atoms with Gasteiger partial charge in [0.15, 0.2) is 5.78 Å². The highest BCUT2D eigenvalue weighted by Gasteiger charge is 2.16. The van der Waals surface area contributed by atoms with Crippen LogP contribution in [0.3, 0.4) is 0 Å². The van der Waals surface area contributed by atoms with Crippen molar-refractivity contribution < 1.29 is 14.0 Å². The van der Waals surface area contributed by atoms with Crippen molar-refractivity contribution in [2.45, 2.75) is 46.1 Å². The van der Waals surface area contributed by atoms with Crippen molar-refractivity contribution in [1.29, 1.82) is 0 Å². The Labute approximate surface area is 180 Å². The number of halogens is 1. The molecule has 1 aliphatic rings. The molecule has 4 rings (SSSR count). The summed E-state index contributed by atoms with van der Waals surface area (Å²) >= 11 is 0. The quantitative estimate of drug-likeness (QED) is 0.606. The Morgan fingerprint density at radius 1 is 1.26 bits per heavy atom. The second kappa shape index (κ2) is 10.2. The van der Waals surface area contributed by atoms with E-state index in [1.165, 1.54) is 55.6 Å². The van der Waals surface area contributed by atoms with Crippen LogP contribution < -0.4 is 11.1 Å². The number of fused-ring (bicyclic) bond motifs is 1. The number of carbonyl (C=O) groups excluding carboxylic acids is 2. The molecule has 0 aliphatic heterocycles. The average Bonchev–Trinajstić information content (AvgIpc) is 3.45. The highest BCUT2D eigenvalue weighted by Crippen LogP contribution is 2.22. The molecule has 0 atom stereocenters. The summed E-state index contributed by atoms with van der Waals surface area (Å²) in [4.78, 5) is 32.0. The monoisotopic (exact) mass is 426 g/mol. The smallest absolute Gasteiger partial charge is 0.270 e. The van der Waals surface area contributed by atoms with Crippen molar-refractivity contribution >= 4 is 17.5 Å². The Morgan fingerprint density at radius 2 is 2.00 bits per heavy atom. The molecule has 1 amide bonds. The van der Waals surface area contributed by atoms with Gasteiger partial charge in [-0.05, 0) is 55.5 Å². The first kappa shape index (κ1) is 22.5. The van der Waals surface area contributed by atoms with E-state index in [1.54, 1.807) is 19.1 Å². The minimum atomic E-state index is -0.454. The van der Waals surface area contributed by atoms with Crippen LogP contribution in [-0.2, 0) is 6.54 Å². The topological polar surface area (TPSA) is 115 Å². The molecule has 8 nitrogen and oxygen atoms in total. The first-order valence-corrected chi connectivity index (χ1v) is 10.3. The molecule has 164 valence electrons. The molecule has 0 radical (unpaired) electrons. The lowest BCUT2D eigenvalue weighted by Crippen LogP contribution is -2.25. The van der Waals surface area contributed by atoms with E-state index in [0.29, 0.717) is 5.56 Å². The summed E-state index contributed by atoms with van der Waals surface area (Å²) in [6.45, 7) is 4.16. The highest BCUT2D eigenvalue weighted by molar-refractivity contribution is 5.98. The molecule has 0 spiro atoms. The molecule has 2 heterocycles. The largest absolute Gasteiger partial charge is 0.347 e. The molecule has 2 aromatic heterocycles. The van der Waals surface area contributed by atoms with Crippen molar-refractivity contribution in [3.63, 3.8) is 0 Å². The first-order chi connectivity index (χ1) is 14.9. The number of amides is 1. The number of benzene rings is 1. The van der Waals surface area contributed by atoms with Gasteiger partial charge < -0.3 is 11.1 Å². The van der Waals surface area contributed by atoms with E-state index in [-0.39, 0.29) is 35.3 Å². The number of rotatable bonds is 5. The van der Waals surface area contributed by atoms with Gasteiger partial charge in [0, 0.05) is 13.5 Å². The average molecular weight is 426 g/mol. The lowest BCUT2D eigenvalue weighted by atomic mass is 10.1. The number of Topliss-reactive ketones (excluding diaryl/α,β-unsaturated/α-hetero) is 1. The van der Waals surface area contributed by atoms with Crippen LogP contribution in [0.4, 0.5) is 4.39 Å². The Hall–Kier alpha value is -3.20. The van der Waals surface area contributed by atoms with Gasteiger partial charge in [-0.25, -0.2) is 9.37 Å². The second-order valence-electron chi connectivity index (χ2n) is 7.71. The van der Waals surface area contributed by atoms with Gasteiger partial charge in [-0.3, -0.25) is 9.59 Å². The highest BCUT2D eigenvalue weighted by atomic mass is 19.1. The minimum Gasteiger partial charge on any atom is -0.347 e. The number of nitrogens with zero attached hydrogens (tertiary/aromatic N) is 4. The maximum Gasteiger partial charge on any atom is 0.270 e. The van der Waals surface area contributed by atoms with E-state index < -0.39 is 5.91 Å². The van der Waals surface area contributed by atoms with Gasteiger partial charge in [0.1, 0.15) is 23.5 Å². The van der Waals surface area contributed by atoms with Crippen molar-refractivity contribution in [3.8, 4) is 0 Å². The van der Waals surface area contributed by atoms with Gasteiger partial charge in [0.05, 0.1) is 0 Å². The number of aryl methyl sites for hydroxylation is 1. The Balaban J connectivity index is 0.000000330. The lowest BCUT2D eigenvalue weighted by Gasteiger charge is -2.07. The van der Waals surface area contributed by atoms with E-state index in [4.69, 9.17) is 5.73 Å². The number of nitrogens with two attached hydrogens (primary N) is 1. The summed E-state index contributed by atoms with van der Waals surface area (Å²) in [6.07, 6.45) is 6.87. The zero-order chi connectivity index (χ0) is 22.4. The number of hydrogen-bond donors (Lipinski definition) is 2. The van der Waals surface area contributed by atoms with E-state index >= 15 is 0 Å². The molecule has 31 heavy (non-hydrogen) atoms. The third-order valence-corrected chi connectivity index (χ3v) is 5.33. The molecule has 3 aromatic rings. The fourth-order valence-corrected chi connectivity index (χ4v) is 3.52. The third kappa shape index (κ3) is 5.69. The van der Waals surface area contributed by atoms with Crippen LogP contribution in [0.1, 0.15) is 64.7 Å². The van der Waals surface area contributed by atoms with Crippen molar-refractivity contribution in [2.75, 3.05) is 6.54 Å². The van der Waals surface area contributed by atoms with Gasteiger partial charge in [-0.1, -0.05) is 25.0 Å². The van der Waals surface area contributed by atoms with Crippen LogP contribution in [0, 0.1) is 18.7 Å². The normalized spacial score (nSPS) is 13.7. The zero-order valence-electron chi connectivity index (χ0n) is 17.8. The fraction of sp³-hybridized carbons (Fsp3) is 0.409. The molecule has 1 fully saturated rings. The number of hydrogen-bond acceptors (Lipinski definition) is 6. The van der Waals surface area contributed by atoms with Gasteiger partial charge in [-0.2, -0.15) is 14.6 Å². The van der Waals surface area contributed by atoms with E-state index in [0.717, 1.165) is 18.0 Å². The van der Waals surface area contributed by atoms with E-state index in [1.807, 2.05) is 0 Å². The van der Waals surface area contributed by atoms with Gasteiger partial charge in [0.2, 0.25) is 0 Å². The van der Waals surface area contributed by atoms with Crippen LogP contribution in [0.5, 0.6) is 0 Å². The molecule has 1 saturated carbocycles. The fourth-order valence-electron chi connectivity index (χ4n) is 3.52. The summed E-state index contributed by atoms with van der Waals surface area (Å²) in [5, 5.41) is 6.60. The van der Waals surface area contributed by atoms with Crippen molar-refractivity contribution in [3.05, 3.63) is 58.9 Å². The first-order valence-electron chi connectivity index (χ1n) is 10.3. The predicted molar refractivity (Wildman–Crippen MR) is 114 cm³/mol. The third-order valence-electron chi connectivity index (χ3n) is 5.33. The SMILES string of the molecule is CC(=O)c1cc(C(=O)NCc2ccc(F)c(C)c2)nc2ncnn12.NCC1CCCC1. The van der Waals surface area contributed by atoms with Crippen LogP contribution in [0.15, 0.2) is 30.6 Å². The summed E-state index contributed by atoms with van der Waals surface area (Å²) in [5.74, 6) is 0.0432. The summed E-state index contributed by atoms with van der Waals surface area (Å²) in [6, 6.07) is 5.98. The van der Waals surface area contributed by atoms with Gasteiger partial charge >= 0.3 is 0 Å². The molecule has 1 aromatic carbocycles. The van der Waals surface area contributed by atoms with Crippen molar-refractivity contribution in [2.24, 2.45) is 11.7 Å². The lowest BCUT2D eigenvalue weighted by molar-refractivity contribution is 0.0946. The van der Waals surface area contributed by atoms with Crippen LogP contribution in [0.2, 0.25) is 0 Å². The summed E-state index contributed by atoms with van der Waals surface area (Å²) in [7, 11) is 0. The Bertz CT molecular complexity index is 1080. The van der Waals surface area contributed by atoms with Crippen LogP contribution in [0.25, 0.3) is 5.78 Å². The molecule has 1 aliphatic carbocycles. The molecule has 0 saturated heterocycles. The maximum absolute atomic E-state index is 13.3. The Kier molecular flexibility index (Phi) is 7.41. The Morgan fingerprint density at radius 3 is 2.61 bits per heavy atom.